The molecule has 0 N–H and O–H groups in total. The highest BCUT2D eigenvalue weighted by Crippen LogP contribution is 2.33. The van der Waals surface area contributed by atoms with Crippen LogP contribution in [0.5, 0.6) is 0 Å². The van der Waals surface area contributed by atoms with E-state index in [1.165, 1.54) is 39.9 Å². The predicted molar refractivity (Wildman–Crippen MR) is 113 cm³/mol. The van der Waals surface area contributed by atoms with E-state index in [2.05, 4.69) is 41.8 Å². The molecule has 2 nitrogen and oxygen atoms in total. The number of likely N-dealkylation sites (N-methyl/N-ethyl adjacent to an activating group) is 1. The average molecular weight is 383 g/mol. The lowest BCUT2D eigenvalue weighted by atomic mass is 10.0. The molecule has 0 fully saturated rings. The van der Waals surface area contributed by atoms with Crippen molar-refractivity contribution in [3.05, 3.63) is 70.1 Å². The Morgan fingerprint density at radius 2 is 1.85 bits per heavy atom. The van der Waals surface area contributed by atoms with Gasteiger partial charge in [0.2, 0.25) is 0 Å². The maximum absolute atomic E-state index is 13.3. The molecular weight excluding hydrogens is 359 g/mol. The molecular formula is C23H24ClFN2. The number of hydrogen-bond acceptors (Lipinski definition) is 1. The second kappa shape index (κ2) is 7.49. The van der Waals surface area contributed by atoms with E-state index in [1.807, 2.05) is 18.2 Å². The summed E-state index contributed by atoms with van der Waals surface area (Å²) < 4.78 is 15.7. The fourth-order valence-electron chi connectivity index (χ4n) is 4.01. The topological polar surface area (TPSA) is 8.17 Å². The third-order valence-electron chi connectivity index (χ3n) is 5.54. The van der Waals surface area contributed by atoms with E-state index in [9.17, 15) is 4.39 Å². The molecule has 0 unspecified atom stereocenters. The van der Waals surface area contributed by atoms with E-state index in [0.29, 0.717) is 0 Å². The summed E-state index contributed by atoms with van der Waals surface area (Å²) in [5.41, 5.74) is 6.23. The van der Waals surface area contributed by atoms with Crippen LogP contribution in [0.4, 0.5) is 4.39 Å². The second-order valence-corrected chi connectivity index (χ2v) is 7.71. The maximum Gasteiger partial charge on any atom is 0.123 e. The number of aromatic nitrogens is 1. The van der Waals surface area contributed by atoms with Crippen molar-refractivity contribution in [2.24, 2.45) is 0 Å². The van der Waals surface area contributed by atoms with Crippen molar-refractivity contribution >= 4 is 34.3 Å². The van der Waals surface area contributed by atoms with Gasteiger partial charge in [0.25, 0.3) is 0 Å². The van der Waals surface area contributed by atoms with Crippen LogP contribution in [0, 0.1) is 5.82 Å². The van der Waals surface area contributed by atoms with Crippen LogP contribution in [0.3, 0.4) is 0 Å². The number of halogens is 2. The van der Waals surface area contributed by atoms with E-state index in [1.54, 1.807) is 0 Å². The monoisotopic (exact) mass is 382 g/mol. The second-order valence-electron chi connectivity index (χ2n) is 7.27. The van der Waals surface area contributed by atoms with Gasteiger partial charge in [-0.2, -0.15) is 0 Å². The average Bonchev–Trinajstić information content (AvgIpc) is 2.80. The first kappa shape index (κ1) is 18.3. The zero-order valence-electron chi connectivity index (χ0n) is 15.8. The Hall–Kier alpha value is -2.10. The molecule has 27 heavy (non-hydrogen) atoms. The van der Waals surface area contributed by atoms with Crippen molar-refractivity contribution in [1.29, 1.82) is 0 Å². The molecule has 0 amide bonds. The third kappa shape index (κ3) is 3.54. The number of fused-ring (bicyclic) bond motifs is 3. The summed E-state index contributed by atoms with van der Waals surface area (Å²) in [4.78, 5) is 2.38. The zero-order chi connectivity index (χ0) is 19.0. The minimum Gasteiger partial charge on any atom is -0.320 e. The summed E-state index contributed by atoms with van der Waals surface area (Å²) in [6.45, 7) is 4.24. The molecule has 0 saturated heterocycles. The molecule has 2 heterocycles. The summed E-state index contributed by atoms with van der Waals surface area (Å²) in [6, 6.07) is 12.9. The minimum absolute atomic E-state index is 0.202. The van der Waals surface area contributed by atoms with E-state index in [4.69, 9.17) is 11.6 Å². The fourth-order valence-corrected chi connectivity index (χ4v) is 4.18. The molecule has 0 bridgehead atoms. The van der Waals surface area contributed by atoms with Gasteiger partial charge in [-0.3, -0.25) is 0 Å². The Labute approximate surface area is 164 Å². The van der Waals surface area contributed by atoms with Gasteiger partial charge in [0.05, 0.1) is 5.52 Å². The SMILES string of the molecule is CC/C(=C\n1c2c(c3cc(Cl)ccc31)CCN(C)CC2)c1ccc(F)cc1. The van der Waals surface area contributed by atoms with Crippen molar-refractivity contribution in [3.8, 4) is 0 Å². The van der Waals surface area contributed by atoms with Crippen LogP contribution in [0.2, 0.25) is 5.02 Å². The summed E-state index contributed by atoms with van der Waals surface area (Å²) in [5, 5.41) is 2.02. The van der Waals surface area contributed by atoms with Gasteiger partial charge in [-0.1, -0.05) is 30.7 Å². The molecule has 140 valence electrons. The lowest BCUT2D eigenvalue weighted by Gasteiger charge is -2.13. The molecule has 0 atom stereocenters. The van der Waals surface area contributed by atoms with Crippen LogP contribution in [0.1, 0.15) is 30.2 Å². The van der Waals surface area contributed by atoms with Gasteiger partial charge in [-0.05, 0) is 66.9 Å². The Bertz CT molecular complexity index is 1000. The standard InChI is InChI=1S/C23H24ClFN2/c1-3-16(17-4-7-19(25)8-5-17)15-27-22-9-6-18(24)14-21(22)20-10-12-26(2)13-11-23(20)27/h4-9,14-15H,3,10-13H2,1-2H3/b16-15+. The van der Waals surface area contributed by atoms with Crippen molar-refractivity contribution in [3.63, 3.8) is 0 Å². The number of nitrogens with zero attached hydrogens (tertiary/aromatic N) is 2. The summed E-state index contributed by atoms with van der Waals surface area (Å²) in [5.74, 6) is -0.202. The summed E-state index contributed by atoms with van der Waals surface area (Å²) >= 11 is 6.31. The normalized spacial score (nSPS) is 15.8. The molecule has 1 aliphatic heterocycles. The van der Waals surface area contributed by atoms with Crippen LogP contribution >= 0.6 is 11.6 Å². The Morgan fingerprint density at radius 3 is 2.59 bits per heavy atom. The van der Waals surface area contributed by atoms with Crippen molar-refractivity contribution in [2.75, 3.05) is 20.1 Å². The van der Waals surface area contributed by atoms with Gasteiger partial charge >= 0.3 is 0 Å². The first-order valence-corrected chi connectivity index (χ1v) is 9.91. The van der Waals surface area contributed by atoms with E-state index in [0.717, 1.165) is 42.9 Å². The molecule has 0 saturated carbocycles. The highest BCUT2D eigenvalue weighted by molar-refractivity contribution is 6.31. The van der Waals surface area contributed by atoms with Gasteiger partial charge in [0.15, 0.2) is 0 Å². The number of benzene rings is 2. The van der Waals surface area contributed by atoms with Crippen molar-refractivity contribution in [2.45, 2.75) is 26.2 Å². The van der Waals surface area contributed by atoms with Gasteiger partial charge in [0.1, 0.15) is 5.82 Å². The Kier molecular flexibility index (Phi) is 5.07. The quantitative estimate of drug-likeness (QED) is 0.549. The third-order valence-corrected chi connectivity index (χ3v) is 5.77. The number of rotatable bonds is 3. The van der Waals surface area contributed by atoms with Gasteiger partial charge < -0.3 is 9.47 Å². The van der Waals surface area contributed by atoms with Gasteiger partial charge in [-0.25, -0.2) is 4.39 Å². The molecule has 4 heteroatoms. The zero-order valence-corrected chi connectivity index (χ0v) is 16.6. The minimum atomic E-state index is -0.202. The largest absolute Gasteiger partial charge is 0.320 e. The van der Waals surface area contributed by atoms with Crippen LogP contribution in [0.15, 0.2) is 42.5 Å². The fraction of sp³-hybridized carbons (Fsp3) is 0.304. The highest BCUT2D eigenvalue weighted by atomic mass is 35.5. The molecule has 1 aromatic heterocycles. The smallest absolute Gasteiger partial charge is 0.123 e. The van der Waals surface area contributed by atoms with Crippen molar-refractivity contribution < 1.29 is 4.39 Å². The summed E-state index contributed by atoms with van der Waals surface area (Å²) in [6.07, 6.45) is 5.15. The van der Waals surface area contributed by atoms with Crippen molar-refractivity contribution in [1.82, 2.24) is 9.47 Å². The van der Waals surface area contributed by atoms with E-state index >= 15 is 0 Å². The first-order chi connectivity index (χ1) is 13.1. The molecule has 0 spiro atoms. The Morgan fingerprint density at radius 1 is 1.11 bits per heavy atom. The summed E-state index contributed by atoms with van der Waals surface area (Å²) in [7, 11) is 2.18. The van der Waals surface area contributed by atoms with Crippen LogP contribution in [0.25, 0.3) is 22.7 Å². The lowest BCUT2D eigenvalue weighted by molar-refractivity contribution is 0.351. The highest BCUT2D eigenvalue weighted by Gasteiger charge is 2.20. The van der Waals surface area contributed by atoms with Crippen LogP contribution in [-0.2, 0) is 12.8 Å². The lowest BCUT2D eigenvalue weighted by Crippen LogP contribution is -2.21. The van der Waals surface area contributed by atoms with E-state index < -0.39 is 0 Å². The maximum atomic E-state index is 13.3. The molecule has 4 rings (SSSR count). The van der Waals surface area contributed by atoms with E-state index in [-0.39, 0.29) is 5.82 Å². The van der Waals surface area contributed by atoms with Gasteiger partial charge in [-0.15, -0.1) is 0 Å². The van der Waals surface area contributed by atoms with Crippen LogP contribution < -0.4 is 0 Å². The molecule has 0 radical (unpaired) electrons. The predicted octanol–water partition coefficient (Wildman–Crippen LogP) is 5.87. The molecule has 2 aromatic carbocycles. The molecule has 0 aliphatic carbocycles. The van der Waals surface area contributed by atoms with Gasteiger partial charge in [0, 0.05) is 41.8 Å². The number of hydrogen-bond donors (Lipinski definition) is 0. The molecule has 3 aromatic rings. The number of allylic oxidation sites excluding steroid dienone is 1. The first-order valence-electron chi connectivity index (χ1n) is 9.53. The Balaban J connectivity index is 1.91. The van der Waals surface area contributed by atoms with Crippen LogP contribution in [-0.4, -0.2) is 29.6 Å². The molecule has 1 aliphatic rings.